The van der Waals surface area contributed by atoms with Crippen LogP contribution in [0.3, 0.4) is 0 Å². The van der Waals surface area contributed by atoms with Crippen LogP contribution in [0.2, 0.25) is 10.0 Å². The number of hydrogen-bond donors (Lipinski definition) is 0. The van der Waals surface area contributed by atoms with Gasteiger partial charge in [-0.2, -0.15) is 10.2 Å². The lowest BCUT2D eigenvalue weighted by atomic mass is 10.3. The van der Waals surface area contributed by atoms with E-state index in [1.807, 2.05) is 33.0 Å². The van der Waals surface area contributed by atoms with Crippen molar-refractivity contribution in [2.75, 3.05) is 0 Å². The Hall–Kier alpha value is -2.51. The molecule has 0 spiro atoms. The molecule has 3 aromatic rings. The fourth-order valence-corrected chi connectivity index (χ4v) is 3.26. The van der Waals surface area contributed by atoms with E-state index in [1.54, 1.807) is 34.8 Å². The second-order valence-corrected chi connectivity index (χ2v) is 6.99. The van der Waals surface area contributed by atoms with Crippen LogP contribution in [-0.4, -0.2) is 25.8 Å². The molecule has 148 valence electrons. The summed E-state index contributed by atoms with van der Waals surface area (Å²) in [5.41, 5.74) is 3.09. The van der Waals surface area contributed by atoms with Crippen LogP contribution in [0.25, 0.3) is 0 Å². The maximum absolute atomic E-state index is 6.32. The van der Waals surface area contributed by atoms with Gasteiger partial charge in [0.25, 0.3) is 0 Å². The van der Waals surface area contributed by atoms with Crippen molar-refractivity contribution in [3.8, 4) is 11.6 Å². The summed E-state index contributed by atoms with van der Waals surface area (Å²) in [6, 6.07) is 7.16. The van der Waals surface area contributed by atoms with Crippen molar-refractivity contribution < 1.29 is 9.57 Å². The smallest absolute Gasteiger partial charge is 0.226 e. The molecule has 0 bridgehead atoms. The molecule has 2 aromatic heterocycles. The van der Waals surface area contributed by atoms with Gasteiger partial charge in [-0.3, -0.25) is 4.68 Å². The van der Waals surface area contributed by atoms with E-state index < -0.39 is 0 Å². The Morgan fingerprint density at radius 3 is 2.64 bits per heavy atom. The third-order valence-electron chi connectivity index (χ3n) is 4.19. The molecule has 0 unspecified atom stereocenters. The summed E-state index contributed by atoms with van der Waals surface area (Å²) in [5, 5.41) is 14.0. The number of ether oxygens (including phenoxy) is 1. The van der Waals surface area contributed by atoms with Crippen LogP contribution in [0, 0.1) is 6.92 Å². The number of aromatic nitrogens is 4. The monoisotopic (exact) mass is 421 g/mol. The zero-order valence-electron chi connectivity index (χ0n) is 16.1. The van der Waals surface area contributed by atoms with E-state index in [0.717, 1.165) is 23.5 Å². The first-order valence-corrected chi connectivity index (χ1v) is 9.48. The van der Waals surface area contributed by atoms with Crippen LogP contribution in [0.5, 0.6) is 11.6 Å². The average Bonchev–Trinajstić information content (AvgIpc) is 3.08. The van der Waals surface area contributed by atoms with Crippen molar-refractivity contribution in [2.45, 2.75) is 26.9 Å². The van der Waals surface area contributed by atoms with Gasteiger partial charge in [0.15, 0.2) is 6.61 Å². The van der Waals surface area contributed by atoms with E-state index in [2.05, 4.69) is 15.4 Å². The first-order valence-electron chi connectivity index (χ1n) is 8.73. The SMILES string of the molecule is CCc1nn(C)c(CO/N=C/c2c(C)nn(C)c2Oc2cccc(Cl)c2)c1Cl. The fraction of sp³-hybridized carbons (Fsp3) is 0.316. The van der Waals surface area contributed by atoms with Crippen LogP contribution >= 0.6 is 23.2 Å². The van der Waals surface area contributed by atoms with Gasteiger partial charge in [0.1, 0.15) is 5.75 Å². The first-order chi connectivity index (χ1) is 13.4. The number of hydrogen-bond acceptors (Lipinski definition) is 5. The van der Waals surface area contributed by atoms with Gasteiger partial charge in [0.2, 0.25) is 5.88 Å². The van der Waals surface area contributed by atoms with E-state index in [1.165, 1.54) is 0 Å². The van der Waals surface area contributed by atoms with E-state index in [4.69, 9.17) is 32.8 Å². The zero-order valence-corrected chi connectivity index (χ0v) is 17.6. The molecule has 0 N–H and O–H groups in total. The Labute approximate surface area is 173 Å². The maximum atomic E-state index is 6.32. The predicted octanol–water partition coefficient (Wildman–Crippen LogP) is 4.67. The molecule has 0 aliphatic heterocycles. The highest BCUT2D eigenvalue weighted by Crippen LogP contribution is 2.28. The fourth-order valence-electron chi connectivity index (χ4n) is 2.73. The highest BCUT2D eigenvalue weighted by Gasteiger charge is 2.15. The summed E-state index contributed by atoms with van der Waals surface area (Å²) in [4.78, 5) is 5.44. The molecule has 0 atom stereocenters. The van der Waals surface area contributed by atoms with Gasteiger partial charge in [0, 0.05) is 19.1 Å². The van der Waals surface area contributed by atoms with Crippen LogP contribution in [0.1, 0.15) is 29.6 Å². The number of benzene rings is 1. The van der Waals surface area contributed by atoms with Crippen LogP contribution < -0.4 is 4.74 Å². The summed E-state index contributed by atoms with van der Waals surface area (Å²) in [5.74, 6) is 1.15. The Morgan fingerprint density at radius 1 is 1.18 bits per heavy atom. The number of aryl methyl sites for hydroxylation is 4. The highest BCUT2D eigenvalue weighted by atomic mass is 35.5. The Bertz CT molecular complexity index is 1010. The van der Waals surface area contributed by atoms with Crippen LogP contribution in [0.4, 0.5) is 0 Å². The van der Waals surface area contributed by atoms with Gasteiger partial charge < -0.3 is 9.57 Å². The molecule has 0 saturated carbocycles. The molecule has 7 nitrogen and oxygen atoms in total. The van der Waals surface area contributed by atoms with Crippen molar-refractivity contribution in [3.63, 3.8) is 0 Å². The largest absolute Gasteiger partial charge is 0.439 e. The molecule has 0 radical (unpaired) electrons. The standard InChI is InChI=1S/C19H21Cl2N5O2/c1-5-16-18(21)17(25(3)24-16)11-27-22-10-15-12(2)23-26(4)19(15)28-14-8-6-7-13(20)9-14/h6-10H,5,11H2,1-4H3/b22-10+. The summed E-state index contributed by atoms with van der Waals surface area (Å²) in [6.45, 7) is 4.09. The second kappa shape index (κ2) is 8.67. The summed E-state index contributed by atoms with van der Waals surface area (Å²) >= 11 is 12.4. The molecule has 9 heteroatoms. The van der Waals surface area contributed by atoms with Gasteiger partial charge in [-0.15, -0.1) is 0 Å². The van der Waals surface area contributed by atoms with E-state index in [-0.39, 0.29) is 6.61 Å². The van der Waals surface area contributed by atoms with Crippen molar-refractivity contribution in [2.24, 2.45) is 19.3 Å². The Morgan fingerprint density at radius 2 is 1.96 bits per heavy atom. The van der Waals surface area contributed by atoms with E-state index in [9.17, 15) is 0 Å². The van der Waals surface area contributed by atoms with Crippen LogP contribution in [-0.2, 0) is 32.0 Å². The molecule has 0 aliphatic carbocycles. The lowest BCUT2D eigenvalue weighted by Crippen LogP contribution is -2.00. The molecule has 0 fully saturated rings. The minimum Gasteiger partial charge on any atom is -0.439 e. The second-order valence-electron chi connectivity index (χ2n) is 6.18. The maximum Gasteiger partial charge on any atom is 0.226 e. The van der Waals surface area contributed by atoms with Gasteiger partial charge in [-0.25, -0.2) is 4.68 Å². The van der Waals surface area contributed by atoms with Gasteiger partial charge >= 0.3 is 0 Å². The molecular weight excluding hydrogens is 401 g/mol. The van der Waals surface area contributed by atoms with E-state index >= 15 is 0 Å². The van der Waals surface area contributed by atoms with Gasteiger partial charge in [-0.05, 0) is 31.5 Å². The molecule has 0 saturated heterocycles. The van der Waals surface area contributed by atoms with E-state index in [0.29, 0.717) is 27.2 Å². The molecule has 0 amide bonds. The normalized spacial score (nSPS) is 11.4. The number of nitrogens with zero attached hydrogens (tertiary/aromatic N) is 5. The lowest BCUT2D eigenvalue weighted by Gasteiger charge is -2.07. The number of oxime groups is 1. The number of rotatable bonds is 7. The third-order valence-corrected chi connectivity index (χ3v) is 4.86. The molecule has 0 aliphatic rings. The van der Waals surface area contributed by atoms with Crippen LogP contribution in [0.15, 0.2) is 29.4 Å². The molecule has 1 aromatic carbocycles. The topological polar surface area (TPSA) is 66.5 Å². The minimum atomic E-state index is 0.211. The molecule has 28 heavy (non-hydrogen) atoms. The highest BCUT2D eigenvalue weighted by molar-refractivity contribution is 6.32. The van der Waals surface area contributed by atoms with Crippen molar-refractivity contribution >= 4 is 29.4 Å². The van der Waals surface area contributed by atoms with Crippen molar-refractivity contribution in [1.29, 1.82) is 0 Å². The summed E-state index contributed by atoms with van der Waals surface area (Å²) < 4.78 is 9.30. The zero-order chi connectivity index (χ0) is 20.3. The predicted molar refractivity (Wildman–Crippen MR) is 109 cm³/mol. The average molecular weight is 422 g/mol. The first kappa shape index (κ1) is 20.2. The Balaban J connectivity index is 1.74. The molecule has 2 heterocycles. The number of halogens is 2. The van der Waals surface area contributed by atoms with Gasteiger partial charge in [-0.1, -0.05) is 41.3 Å². The quantitative estimate of drug-likeness (QED) is 0.410. The van der Waals surface area contributed by atoms with Gasteiger partial charge in [0.05, 0.1) is 33.9 Å². The molecular formula is C19H21Cl2N5O2. The van der Waals surface area contributed by atoms with Crippen molar-refractivity contribution in [1.82, 2.24) is 19.6 Å². The minimum absolute atomic E-state index is 0.211. The third kappa shape index (κ3) is 4.31. The summed E-state index contributed by atoms with van der Waals surface area (Å²) in [6.07, 6.45) is 2.34. The Kier molecular flexibility index (Phi) is 6.26. The summed E-state index contributed by atoms with van der Waals surface area (Å²) in [7, 11) is 3.63. The molecule has 3 rings (SSSR count). The van der Waals surface area contributed by atoms with Crippen molar-refractivity contribution in [3.05, 3.63) is 57.0 Å². The lowest BCUT2D eigenvalue weighted by molar-refractivity contribution is 0.126.